The summed E-state index contributed by atoms with van der Waals surface area (Å²) in [4.78, 5) is 16.4. The average Bonchev–Trinajstić information content (AvgIpc) is 2.42. The van der Waals surface area contributed by atoms with E-state index in [4.69, 9.17) is 5.73 Å². The lowest BCUT2D eigenvalue weighted by Crippen LogP contribution is -2.37. The zero-order chi connectivity index (χ0) is 16.1. The molecule has 0 unspecified atom stereocenters. The molecule has 6 heteroatoms. The standard InChI is InChI=1S/C18H26N4O.HI/c19-18(20-11-13-4-1-5-13)21-12-14-6-2-9-16(10-14)22-17(23)15-7-3-8-15;/h2,6,9-10,13,15H,1,3-5,7-8,11-12H2,(H,22,23)(H3,19,20,21);1H. The highest BCUT2D eigenvalue weighted by atomic mass is 127. The third-order valence-corrected chi connectivity index (χ3v) is 4.90. The Hall–Kier alpha value is -1.31. The van der Waals surface area contributed by atoms with E-state index in [1.807, 2.05) is 24.3 Å². The summed E-state index contributed by atoms with van der Waals surface area (Å²) in [6.45, 7) is 1.45. The lowest BCUT2D eigenvalue weighted by Gasteiger charge is -2.25. The number of halogens is 1. The number of rotatable bonds is 6. The molecular weight excluding hydrogens is 415 g/mol. The Morgan fingerprint density at radius 3 is 2.58 bits per heavy atom. The predicted molar refractivity (Wildman–Crippen MR) is 108 cm³/mol. The van der Waals surface area contributed by atoms with E-state index >= 15 is 0 Å². The smallest absolute Gasteiger partial charge is 0.227 e. The van der Waals surface area contributed by atoms with E-state index in [1.54, 1.807) is 0 Å². The number of nitrogens with zero attached hydrogens (tertiary/aromatic N) is 1. The average molecular weight is 442 g/mol. The molecule has 0 spiro atoms. The minimum atomic E-state index is 0. The van der Waals surface area contributed by atoms with E-state index in [0.29, 0.717) is 12.5 Å². The van der Waals surface area contributed by atoms with Crippen LogP contribution in [-0.4, -0.2) is 18.4 Å². The third kappa shape index (κ3) is 5.36. The normalized spacial score (nSPS) is 18.1. The Morgan fingerprint density at radius 2 is 1.96 bits per heavy atom. The number of hydrogen-bond acceptors (Lipinski definition) is 2. The van der Waals surface area contributed by atoms with Crippen LogP contribution < -0.4 is 16.4 Å². The van der Waals surface area contributed by atoms with Crippen molar-refractivity contribution in [3.05, 3.63) is 29.8 Å². The Kier molecular flexibility index (Phi) is 7.33. The molecule has 2 fully saturated rings. The SMILES string of the molecule is I.NC(=NCc1cccc(NC(=O)C2CCC2)c1)NCC1CCC1. The van der Waals surface area contributed by atoms with Crippen molar-refractivity contribution in [2.45, 2.75) is 45.1 Å². The van der Waals surface area contributed by atoms with Crippen molar-refractivity contribution in [2.75, 3.05) is 11.9 Å². The summed E-state index contributed by atoms with van der Waals surface area (Å²) in [7, 11) is 0. The van der Waals surface area contributed by atoms with Gasteiger partial charge in [0.25, 0.3) is 0 Å². The maximum Gasteiger partial charge on any atom is 0.227 e. The second-order valence-electron chi connectivity index (χ2n) is 6.70. The van der Waals surface area contributed by atoms with Crippen molar-refractivity contribution >= 4 is 41.5 Å². The molecule has 24 heavy (non-hydrogen) atoms. The quantitative estimate of drug-likeness (QED) is 0.360. The molecule has 2 aliphatic rings. The van der Waals surface area contributed by atoms with Crippen LogP contribution in [0.1, 0.15) is 44.1 Å². The lowest BCUT2D eigenvalue weighted by atomic mass is 9.85. The van der Waals surface area contributed by atoms with Crippen molar-refractivity contribution in [1.29, 1.82) is 0 Å². The van der Waals surface area contributed by atoms with Gasteiger partial charge in [-0.05, 0) is 49.3 Å². The van der Waals surface area contributed by atoms with E-state index in [9.17, 15) is 4.79 Å². The summed E-state index contributed by atoms with van der Waals surface area (Å²) >= 11 is 0. The molecule has 0 radical (unpaired) electrons. The Bertz CT molecular complexity index is 582. The highest BCUT2D eigenvalue weighted by Gasteiger charge is 2.25. The minimum Gasteiger partial charge on any atom is -0.370 e. The van der Waals surface area contributed by atoms with Gasteiger partial charge in [0.05, 0.1) is 6.54 Å². The van der Waals surface area contributed by atoms with Gasteiger partial charge in [-0.1, -0.05) is 25.0 Å². The number of benzene rings is 1. The first-order chi connectivity index (χ1) is 11.2. The first-order valence-corrected chi connectivity index (χ1v) is 8.64. The maximum absolute atomic E-state index is 12.0. The topological polar surface area (TPSA) is 79.5 Å². The molecule has 1 aromatic carbocycles. The monoisotopic (exact) mass is 442 g/mol. The number of amides is 1. The van der Waals surface area contributed by atoms with Crippen LogP contribution in [0.2, 0.25) is 0 Å². The first kappa shape index (κ1) is 19.0. The van der Waals surface area contributed by atoms with Crippen molar-refractivity contribution in [2.24, 2.45) is 22.6 Å². The van der Waals surface area contributed by atoms with Crippen LogP contribution in [0.15, 0.2) is 29.3 Å². The zero-order valence-electron chi connectivity index (χ0n) is 14.0. The zero-order valence-corrected chi connectivity index (χ0v) is 16.3. The number of nitrogens with two attached hydrogens (primary N) is 1. The minimum absolute atomic E-state index is 0. The summed E-state index contributed by atoms with van der Waals surface area (Å²) < 4.78 is 0. The number of nitrogens with one attached hydrogen (secondary N) is 2. The summed E-state index contributed by atoms with van der Waals surface area (Å²) in [5.41, 5.74) is 7.79. The van der Waals surface area contributed by atoms with Gasteiger partial charge in [-0.3, -0.25) is 4.79 Å². The van der Waals surface area contributed by atoms with Gasteiger partial charge in [-0.2, -0.15) is 0 Å². The molecule has 1 amide bonds. The van der Waals surface area contributed by atoms with Gasteiger partial charge < -0.3 is 16.4 Å². The van der Waals surface area contributed by atoms with Crippen LogP contribution in [0.4, 0.5) is 5.69 Å². The molecule has 0 bridgehead atoms. The molecule has 0 saturated heterocycles. The molecule has 5 nitrogen and oxygen atoms in total. The first-order valence-electron chi connectivity index (χ1n) is 8.64. The van der Waals surface area contributed by atoms with E-state index < -0.39 is 0 Å². The summed E-state index contributed by atoms with van der Waals surface area (Å²) in [6.07, 6.45) is 7.12. The number of anilines is 1. The molecule has 132 valence electrons. The Balaban J connectivity index is 0.00000208. The van der Waals surface area contributed by atoms with Gasteiger partial charge in [-0.25, -0.2) is 4.99 Å². The third-order valence-electron chi connectivity index (χ3n) is 4.90. The summed E-state index contributed by atoms with van der Waals surface area (Å²) in [5, 5.41) is 6.18. The van der Waals surface area contributed by atoms with Crippen LogP contribution in [0.5, 0.6) is 0 Å². The second-order valence-corrected chi connectivity index (χ2v) is 6.70. The maximum atomic E-state index is 12.0. The number of carbonyl (C=O) groups is 1. The highest BCUT2D eigenvalue weighted by molar-refractivity contribution is 14.0. The van der Waals surface area contributed by atoms with Crippen LogP contribution in [0.25, 0.3) is 0 Å². The molecule has 1 aromatic rings. The van der Waals surface area contributed by atoms with Gasteiger partial charge in [0.15, 0.2) is 5.96 Å². The van der Waals surface area contributed by atoms with Gasteiger partial charge in [0, 0.05) is 18.2 Å². The molecular formula is C18H27IN4O. The highest BCUT2D eigenvalue weighted by Crippen LogP contribution is 2.27. The van der Waals surface area contributed by atoms with Crippen LogP contribution in [-0.2, 0) is 11.3 Å². The fourth-order valence-electron chi connectivity index (χ4n) is 2.84. The number of carbonyl (C=O) groups excluding carboxylic acids is 1. The summed E-state index contributed by atoms with van der Waals surface area (Å²) in [5.74, 6) is 1.59. The van der Waals surface area contributed by atoms with E-state index in [0.717, 1.165) is 36.6 Å². The van der Waals surface area contributed by atoms with Crippen LogP contribution in [0.3, 0.4) is 0 Å². The molecule has 0 atom stereocenters. The van der Waals surface area contributed by atoms with Crippen molar-refractivity contribution in [3.63, 3.8) is 0 Å². The molecule has 2 saturated carbocycles. The summed E-state index contributed by atoms with van der Waals surface area (Å²) in [6, 6.07) is 7.84. The van der Waals surface area contributed by atoms with Crippen LogP contribution >= 0.6 is 24.0 Å². The molecule has 0 aromatic heterocycles. The van der Waals surface area contributed by atoms with E-state index in [1.165, 1.54) is 25.7 Å². The Labute approximate surface area is 160 Å². The lowest BCUT2D eigenvalue weighted by molar-refractivity contribution is -0.122. The molecule has 4 N–H and O–H groups in total. The van der Waals surface area contributed by atoms with E-state index in [2.05, 4.69) is 15.6 Å². The molecule has 2 aliphatic carbocycles. The largest absolute Gasteiger partial charge is 0.370 e. The number of guanidine groups is 1. The fourth-order valence-corrected chi connectivity index (χ4v) is 2.84. The molecule has 0 heterocycles. The van der Waals surface area contributed by atoms with Crippen molar-refractivity contribution in [3.8, 4) is 0 Å². The van der Waals surface area contributed by atoms with Gasteiger partial charge >= 0.3 is 0 Å². The number of aliphatic imine (C=N–C) groups is 1. The van der Waals surface area contributed by atoms with Gasteiger partial charge in [0.2, 0.25) is 5.91 Å². The predicted octanol–water partition coefficient (Wildman–Crippen LogP) is 3.25. The van der Waals surface area contributed by atoms with Gasteiger partial charge in [-0.15, -0.1) is 24.0 Å². The van der Waals surface area contributed by atoms with Crippen molar-refractivity contribution in [1.82, 2.24) is 5.32 Å². The second kappa shape index (κ2) is 9.25. The van der Waals surface area contributed by atoms with Crippen LogP contribution in [0, 0.1) is 11.8 Å². The van der Waals surface area contributed by atoms with Crippen molar-refractivity contribution < 1.29 is 4.79 Å². The fraction of sp³-hybridized carbons (Fsp3) is 0.556. The Morgan fingerprint density at radius 1 is 1.21 bits per heavy atom. The number of hydrogen-bond donors (Lipinski definition) is 3. The van der Waals surface area contributed by atoms with Gasteiger partial charge in [0.1, 0.15) is 0 Å². The molecule has 3 rings (SSSR count). The molecule has 0 aliphatic heterocycles. The van der Waals surface area contributed by atoms with E-state index in [-0.39, 0.29) is 35.8 Å².